The minimum Gasteiger partial charge on any atom is -0.494 e. The van der Waals surface area contributed by atoms with Gasteiger partial charge in [0.05, 0.1) is 18.0 Å². The smallest absolute Gasteiger partial charge is 0.183 e. The summed E-state index contributed by atoms with van der Waals surface area (Å²) in [6.45, 7) is 6.83. The van der Waals surface area contributed by atoms with Gasteiger partial charge in [-0.3, -0.25) is 4.40 Å². The van der Waals surface area contributed by atoms with Crippen LogP contribution in [0.4, 0.5) is 11.5 Å². The van der Waals surface area contributed by atoms with E-state index in [-0.39, 0.29) is 5.92 Å². The molecule has 1 aromatic carbocycles. The van der Waals surface area contributed by atoms with Crippen LogP contribution in [0.2, 0.25) is 0 Å². The maximum Gasteiger partial charge on any atom is 0.183 e. The fourth-order valence-electron chi connectivity index (χ4n) is 2.37. The first-order chi connectivity index (χ1) is 11.2. The van der Waals surface area contributed by atoms with Crippen molar-refractivity contribution in [3.8, 4) is 5.75 Å². The molecular weight excluding hydrogens is 288 g/mol. The van der Waals surface area contributed by atoms with E-state index in [9.17, 15) is 0 Å². The highest BCUT2D eigenvalue weighted by atomic mass is 16.5. The van der Waals surface area contributed by atoms with Crippen molar-refractivity contribution >= 4 is 17.2 Å². The molecule has 5 nitrogen and oxygen atoms in total. The van der Waals surface area contributed by atoms with Crippen molar-refractivity contribution in [2.45, 2.75) is 26.7 Å². The monoisotopic (exact) mass is 308 g/mol. The van der Waals surface area contributed by atoms with E-state index < -0.39 is 0 Å². The molecule has 118 valence electrons. The van der Waals surface area contributed by atoms with Crippen molar-refractivity contribution in [1.82, 2.24) is 9.38 Å². The van der Waals surface area contributed by atoms with E-state index in [0.717, 1.165) is 28.6 Å². The van der Waals surface area contributed by atoms with E-state index in [1.807, 2.05) is 60.0 Å². The van der Waals surface area contributed by atoms with Crippen LogP contribution < -0.4 is 4.74 Å². The Morgan fingerprint density at radius 1 is 1.09 bits per heavy atom. The van der Waals surface area contributed by atoms with E-state index in [1.165, 1.54) is 0 Å². The third-order valence-electron chi connectivity index (χ3n) is 3.49. The Balaban J connectivity index is 1.95. The van der Waals surface area contributed by atoms with Gasteiger partial charge in [0.1, 0.15) is 11.4 Å². The summed E-state index contributed by atoms with van der Waals surface area (Å²) in [5.74, 6) is 1.90. The van der Waals surface area contributed by atoms with Crippen LogP contribution in [0.1, 0.15) is 32.4 Å². The number of nitrogens with zero attached hydrogens (tertiary/aromatic N) is 4. The highest BCUT2D eigenvalue weighted by Crippen LogP contribution is 2.29. The molecule has 0 spiro atoms. The van der Waals surface area contributed by atoms with Crippen molar-refractivity contribution < 1.29 is 4.74 Å². The molecule has 0 aliphatic rings. The molecule has 2 aromatic heterocycles. The zero-order valence-electron chi connectivity index (χ0n) is 13.6. The second kappa shape index (κ2) is 6.60. The molecule has 0 N–H and O–H groups in total. The normalized spacial score (nSPS) is 11.7. The summed E-state index contributed by atoms with van der Waals surface area (Å²) in [5, 5.41) is 8.80. The summed E-state index contributed by atoms with van der Waals surface area (Å²) in [5.41, 5.74) is 2.62. The van der Waals surface area contributed by atoms with Gasteiger partial charge in [0.25, 0.3) is 0 Å². The average Bonchev–Trinajstić information content (AvgIpc) is 2.93. The van der Waals surface area contributed by atoms with Crippen LogP contribution in [0.15, 0.2) is 58.9 Å². The van der Waals surface area contributed by atoms with Crippen LogP contribution in [0.3, 0.4) is 0 Å². The first-order valence-corrected chi connectivity index (χ1v) is 7.80. The van der Waals surface area contributed by atoms with Crippen molar-refractivity contribution in [3.63, 3.8) is 0 Å². The Labute approximate surface area is 135 Å². The Kier molecular flexibility index (Phi) is 4.37. The molecule has 0 aliphatic heterocycles. The third-order valence-corrected chi connectivity index (χ3v) is 3.49. The van der Waals surface area contributed by atoms with E-state index in [2.05, 4.69) is 29.1 Å². The highest BCUT2D eigenvalue weighted by molar-refractivity contribution is 5.53. The molecule has 0 fully saturated rings. The van der Waals surface area contributed by atoms with E-state index in [4.69, 9.17) is 4.74 Å². The van der Waals surface area contributed by atoms with Crippen molar-refractivity contribution in [2.75, 3.05) is 6.61 Å². The molecule has 0 radical (unpaired) electrons. The minimum absolute atomic E-state index is 0.282. The number of aromatic nitrogens is 2. The van der Waals surface area contributed by atoms with E-state index in [0.29, 0.717) is 6.61 Å². The Hall–Kier alpha value is -2.69. The summed E-state index contributed by atoms with van der Waals surface area (Å²) in [7, 11) is 0. The van der Waals surface area contributed by atoms with Crippen molar-refractivity contribution in [2.24, 2.45) is 10.2 Å². The van der Waals surface area contributed by atoms with Gasteiger partial charge >= 0.3 is 0 Å². The molecule has 2 heterocycles. The maximum atomic E-state index is 5.43. The number of benzene rings is 1. The van der Waals surface area contributed by atoms with E-state index >= 15 is 0 Å². The van der Waals surface area contributed by atoms with Crippen molar-refractivity contribution in [1.29, 1.82) is 0 Å². The quantitative estimate of drug-likeness (QED) is 0.603. The number of fused-ring (bicyclic) bond motifs is 1. The predicted molar refractivity (Wildman–Crippen MR) is 91.1 cm³/mol. The SMILES string of the molecule is CCOc1ccc(N=Nc2c(C(C)C)nc3ccccn23)cc1. The van der Waals surface area contributed by atoms with Crippen LogP contribution in [-0.4, -0.2) is 16.0 Å². The van der Waals surface area contributed by atoms with Crippen molar-refractivity contribution in [3.05, 3.63) is 54.4 Å². The molecule has 0 bridgehead atoms. The Morgan fingerprint density at radius 3 is 2.57 bits per heavy atom. The van der Waals surface area contributed by atoms with Crippen LogP contribution in [-0.2, 0) is 0 Å². The van der Waals surface area contributed by atoms with Crippen LogP contribution >= 0.6 is 0 Å². The largest absolute Gasteiger partial charge is 0.494 e. The minimum atomic E-state index is 0.282. The summed E-state index contributed by atoms with van der Waals surface area (Å²) in [6.07, 6.45) is 1.96. The second-order valence-electron chi connectivity index (χ2n) is 5.53. The lowest BCUT2D eigenvalue weighted by Crippen LogP contribution is -1.89. The molecule has 0 saturated carbocycles. The molecule has 0 amide bonds. The fraction of sp³-hybridized carbons (Fsp3) is 0.278. The molecule has 23 heavy (non-hydrogen) atoms. The van der Waals surface area contributed by atoms with Gasteiger partial charge in [0, 0.05) is 6.20 Å². The lowest BCUT2D eigenvalue weighted by molar-refractivity contribution is 0.340. The molecule has 0 unspecified atom stereocenters. The molecule has 0 aliphatic carbocycles. The molecule has 0 atom stereocenters. The van der Waals surface area contributed by atoms with Gasteiger partial charge in [0.15, 0.2) is 5.82 Å². The number of imidazole rings is 1. The zero-order valence-corrected chi connectivity index (χ0v) is 13.6. The lowest BCUT2D eigenvalue weighted by atomic mass is 10.1. The highest BCUT2D eigenvalue weighted by Gasteiger charge is 2.14. The molecule has 0 saturated heterocycles. The Bertz CT molecular complexity index is 819. The van der Waals surface area contributed by atoms with Gasteiger partial charge in [-0.05, 0) is 49.2 Å². The molecule has 3 rings (SSSR count). The lowest BCUT2D eigenvalue weighted by Gasteiger charge is -2.03. The third kappa shape index (κ3) is 3.23. The number of rotatable bonds is 5. The van der Waals surface area contributed by atoms with Gasteiger partial charge in [-0.25, -0.2) is 4.98 Å². The average molecular weight is 308 g/mol. The van der Waals surface area contributed by atoms with Crippen LogP contribution in [0, 0.1) is 0 Å². The van der Waals surface area contributed by atoms with Gasteiger partial charge < -0.3 is 4.74 Å². The summed E-state index contributed by atoms with van der Waals surface area (Å²) in [6, 6.07) is 13.5. The zero-order chi connectivity index (χ0) is 16.2. The number of pyridine rings is 1. The summed E-state index contributed by atoms with van der Waals surface area (Å²) in [4.78, 5) is 4.65. The van der Waals surface area contributed by atoms with Crippen LogP contribution in [0.25, 0.3) is 5.65 Å². The first kappa shape index (κ1) is 15.2. The van der Waals surface area contributed by atoms with Gasteiger partial charge in [-0.15, -0.1) is 10.2 Å². The summed E-state index contributed by atoms with van der Waals surface area (Å²) < 4.78 is 7.40. The number of azo groups is 1. The first-order valence-electron chi connectivity index (χ1n) is 7.80. The number of hydrogen-bond acceptors (Lipinski definition) is 4. The number of hydrogen-bond donors (Lipinski definition) is 0. The summed E-state index contributed by atoms with van der Waals surface area (Å²) >= 11 is 0. The van der Waals surface area contributed by atoms with Gasteiger partial charge in [-0.2, -0.15) is 0 Å². The molecule has 5 heteroatoms. The molecule has 3 aromatic rings. The number of ether oxygens (including phenoxy) is 1. The second-order valence-corrected chi connectivity index (χ2v) is 5.53. The van der Waals surface area contributed by atoms with E-state index in [1.54, 1.807) is 0 Å². The fourth-order valence-corrected chi connectivity index (χ4v) is 2.37. The Morgan fingerprint density at radius 2 is 1.87 bits per heavy atom. The maximum absolute atomic E-state index is 5.43. The van der Waals surface area contributed by atoms with Gasteiger partial charge in [0.2, 0.25) is 0 Å². The predicted octanol–water partition coefficient (Wildman–Crippen LogP) is 5.27. The standard InChI is InChI=1S/C18H20N4O/c1-4-23-15-10-8-14(9-11-15)20-21-18-17(13(2)3)19-16-7-5-6-12-22(16)18/h5-13H,4H2,1-3H3. The van der Waals surface area contributed by atoms with Crippen LogP contribution in [0.5, 0.6) is 5.75 Å². The molecular formula is C18H20N4O. The topological polar surface area (TPSA) is 51.2 Å². The van der Waals surface area contributed by atoms with Gasteiger partial charge in [-0.1, -0.05) is 19.9 Å².